The fourth-order valence-corrected chi connectivity index (χ4v) is 2.97. The van der Waals surface area contributed by atoms with Crippen molar-refractivity contribution in [3.63, 3.8) is 0 Å². The highest BCUT2D eigenvalue weighted by atomic mass is 32.2. The van der Waals surface area contributed by atoms with Crippen LogP contribution in [0, 0.1) is 5.82 Å². The molecule has 0 radical (unpaired) electrons. The van der Waals surface area contributed by atoms with E-state index in [0.717, 1.165) is 6.07 Å². The molecule has 0 fully saturated rings. The molecule has 0 unspecified atom stereocenters. The quantitative estimate of drug-likeness (QED) is 0.928. The van der Waals surface area contributed by atoms with Crippen molar-refractivity contribution in [3.8, 4) is 5.75 Å². The average Bonchev–Trinajstić information content (AvgIpc) is 2.28. The van der Waals surface area contributed by atoms with Crippen LogP contribution in [0.25, 0.3) is 0 Å². The third-order valence-corrected chi connectivity index (χ3v) is 4.11. The average molecular weight is 266 g/mol. The fourth-order valence-electron chi connectivity index (χ4n) is 1.61. The van der Waals surface area contributed by atoms with E-state index in [1.54, 1.807) is 12.1 Å². The lowest BCUT2D eigenvalue weighted by molar-refractivity contribution is 0.475. The van der Waals surface area contributed by atoms with Crippen LogP contribution in [0.5, 0.6) is 5.75 Å². The Hall–Kier alpha value is -1.88. The molecule has 3 nitrogen and oxygen atoms in total. The van der Waals surface area contributed by atoms with Gasteiger partial charge in [-0.3, -0.25) is 0 Å². The van der Waals surface area contributed by atoms with Gasteiger partial charge in [-0.25, -0.2) is 12.8 Å². The van der Waals surface area contributed by atoms with Crippen LogP contribution in [0.2, 0.25) is 0 Å². The third-order valence-electron chi connectivity index (χ3n) is 2.42. The summed E-state index contributed by atoms with van der Waals surface area (Å²) in [5, 5.41) is 9.27. The normalized spacial score (nSPS) is 11.4. The molecule has 0 amide bonds. The van der Waals surface area contributed by atoms with Crippen LogP contribution in [0.1, 0.15) is 5.56 Å². The highest BCUT2D eigenvalue weighted by Gasteiger charge is 2.16. The van der Waals surface area contributed by atoms with Crippen molar-refractivity contribution in [1.82, 2.24) is 0 Å². The van der Waals surface area contributed by atoms with E-state index < -0.39 is 15.7 Å². The van der Waals surface area contributed by atoms with E-state index >= 15 is 0 Å². The summed E-state index contributed by atoms with van der Waals surface area (Å²) < 4.78 is 37.0. The van der Waals surface area contributed by atoms with Gasteiger partial charge >= 0.3 is 0 Å². The van der Waals surface area contributed by atoms with Gasteiger partial charge in [-0.05, 0) is 35.9 Å². The molecule has 2 rings (SSSR count). The van der Waals surface area contributed by atoms with Crippen LogP contribution in [0.4, 0.5) is 4.39 Å². The molecule has 0 heterocycles. The van der Waals surface area contributed by atoms with Crippen molar-refractivity contribution in [1.29, 1.82) is 0 Å². The minimum atomic E-state index is -3.60. The molecule has 0 aliphatic rings. The van der Waals surface area contributed by atoms with E-state index in [9.17, 15) is 17.9 Å². The number of aromatic hydroxyl groups is 1. The molecule has 0 saturated heterocycles. The molecule has 2 aromatic carbocycles. The summed E-state index contributed by atoms with van der Waals surface area (Å²) in [5.74, 6) is -0.862. The Labute approximate surface area is 104 Å². The number of benzene rings is 2. The number of rotatable bonds is 3. The smallest absolute Gasteiger partial charge is 0.182 e. The molecule has 0 bridgehead atoms. The fraction of sp³-hybridized carbons (Fsp3) is 0.0769. The SMILES string of the molecule is O=S(=O)(Cc1cccc(O)c1)c1cccc(F)c1. The van der Waals surface area contributed by atoms with Crippen molar-refractivity contribution in [2.75, 3.05) is 0 Å². The maximum atomic E-state index is 13.0. The molecular formula is C13H11FO3S. The Morgan fingerprint density at radius 2 is 1.78 bits per heavy atom. The number of hydrogen-bond acceptors (Lipinski definition) is 3. The molecule has 0 spiro atoms. The Balaban J connectivity index is 2.33. The zero-order valence-corrected chi connectivity index (χ0v) is 10.2. The van der Waals surface area contributed by atoms with Gasteiger partial charge in [-0.1, -0.05) is 18.2 Å². The zero-order chi connectivity index (χ0) is 13.2. The topological polar surface area (TPSA) is 54.4 Å². The molecular weight excluding hydrogens is 255 g/mol. The molecule has 2 aromatic rings. The summed E-state index contributed by atoms with van der Waals surface area (Å²) in [6, 6.07) is 10.9. The van der Waals surface area contributed by atoms with Crippen LogP contribution in [-0.4, -0.2) is 13.5 Å². The molecule has 94 valence electrons. The van der Waals surface area contributed by atoms with Crippen molar-refractivity contribution in [2.45, 2.75) is 10.6 Å². The summed E-state index contributed by atoms with van der Waals surface area (Å²) >= 11 is 0. The Kier molecular flexibility index (Phi) is 3.34. The first-order chi connectivity index (χ1) is 8.47. The molecule has 5 heteroatoms. The number of sulfone groups is 1. The highest BCUT2D eigenvalue weighted by molar-refractivity contribution is 7.90. The van der Waals surface area contributed by atoms with Gasteiger partial charge in [0.1, 0.15) is 11.6 Å². The van der Waals surface area contributed by atoms with Crippen LogP contribution < -0.4 is 0 Å². The largest absolute Gasteiger partial charge is 0.508 e. The standard InChI is InChI=1S/C13H11FO3S/c14-11-4-2-6-13(8-11)18(16,17)9-10-3-1-5-12(15)7-10/h1-8,15H,9H2. The van der Waals surface area contributed by atoms with Gasteiger partial charge < -0.3 is 5.11 Å². The molecule has 18 heavy (non-hydrogen) atoms. The lowest BCUT2D eigenvalue weighted by atomic mass is 10.2. The molecule has 1 N–H and O–H groups in total. The maximum absolute atomic E-state index is 13.0. The lowest BCUT2D eigenvalue weighted by Crippen LogP contribution is -2.05. The van der Waals surface area contributed by atoms with Crippen molar-refractivity contribution in [2.24, 2.45) is 0 Å². The lowest BCUT2D eigenvalue weighted by Gasteiger charge is -2.05. The van der Waals surface area contributed by atoms with Gasteiger partial charge in [0.05, 0.1) is 10.6 Å². The van der Waals surface area contributed by atoms with Gasteiger partial charge in [-0.15, -0.1) is 0 Å². The van der Waals surface area contributed by atoms with Crippen molar-refractivity contribution >= 4 is 9.84 Å². The first-order valence-electron chi connectivity index (χ1n) is 5.24. The monoisotopic (exact) mass is 266 g/mol. The van der Waals surface area contributed by atoms with E-state index in [2.05, 4.69) is 0 Å². The van der Waals surface area contributed by atoms with Crippen LogP contribution in [-0.2, 0) is 15.6 Å². The Morgan fingerprint density at radius 1 is 1.06 bits per heavy atom. The van der Waals surface area contributed by atoms with Crippen LogP contribution >= 0.6 is 0 Å². The summed E-state index contributed by atoms with van der Waals surface area (Å²) in [6.07, 6.45) is 0. The van der Waals surface area contributed by atoms with E-state index in [-0.39, 0.29) is 16.4 Å². The van der Waals surface area contributed by atoms with Crippen LogP contribution in [0.3, 0.4) is 0 Å². The molecule has 0 aliphatic carbocycles. The zero-order valence-electron chi connectivity index (χ0n) is 9.38. The summed E-state index contributed by atoms with van der Waals surface area (Å²) in [7, 11) is -3.60. The first kappa shape index (κ1) is 12.6. The van der Waals surface area contributed by atoms with Gasteiger partial charge in [0.2, 0.25) is 0 Å². The van der Waals surface area contributed by atoms with E-state index in [0.29, 0.717) is 5.56 Å². The van der Waals surface area contributed by atoms with Crippen molar-refractivity contribution < 1.29 is 17.9 Å². The first-order valence-corrected chi connectivity index (χ1v) is 6.89. The number of hydrogen-bond donors (Lipinski definition) is 1. The highest BCUT2D eigenvalue weighted by Crippen LogP contribution is 2.19. The molecule has 0 aromatic heterocycles. The number of phenols is 1. The van der Waals surface area contributed by atoms with Gasteiger partial charge in [0.15, 0.2) is 9.84 Å². The minimum Gasteiger partial charge on any atom is -0.508 e. The van der Waals surface area contributed by atoms with Gasteiger partial charge in [-0.2, -0.15) is 0 Å². The van der Waals surface area contributed by atoms with Crippen LogP contribution in [0.15, 0.2) is 53.4 Å². The predicted octanol–water partition coefficient (Wildman–Crippen LogP) is 2.51. The third kappa shape index (κ3) is 2.87. The van der Waals surface area contributed by atoms with E-state index in [1.807, 2.05) is 0 Å². The second-order valence-electron chi connectivity index (χ2n) is 3.89. The second-order valence-corrected chi connectivity index (χ2v) is 5.88. The minimum absolute atomic E-state index is 0.00180. The Bertz CT molecular complexity index is 665. The Morgan fingerprint density at radius 3 is 2.44 bits per heavy atom. The van der Waals surface area contributed by atoms with Crippen molar-refractivity contribution in [3.05, 3.63) is 59.9 Å². The summed E-state index contributed by atoms with van der Waals surface area (Å²) in [6.45, 7) is 0. The second kappa shape index (κ2) is 4.78. The summed E-state index contributed by atoms with van der Waals surface area (Å²) in [5.41, 5.74) is 0.458. The molecule has 0 atom stereocenters. The molecule has 0 aliphatic heterocycles. The van der Waals surface area contributed by atoms with E-state index in [1.165, 1.54) is 30.3 Å². The molecule has 0 saturated carbocycles. The van der Waals surface area contributed by atoms with E-state index in [4.69, 9.17) is 0 Å². The van der Waals surface area contributed by atoms with Gasteiger partial charge in [0.25, 0.3) is 0 Å². The van der Waals surface area contributed by atoms with Gasteiger partial charge in [0, 0.05) is 0 Å². The summed E-state index contributed by atoms with van der Waals surface area (Å²) in [4.78, 5) is -0.0640. The number of phenolic OH excluding ortho intramolecular Hbond substituents is 1. The maximum Gasteiger partial charge on any atom is 0.182 e. The predicted molar refractivity (Wildman–Crippen MR) is 65.4 cm³/mol. The number of halogens is 1.